The van der Waals surface area contributed by atoms with Crippen molar-refractivity contribution >= 4 is 29.9 Å². The summed E-state index contributed by atoms with van der Waals surface area (Å²) >= 11 is 0.158. The first-order valence-corrected chi connectivity index (χ1v) is 5.57. The van der Waals surface area contributed by atoms with Gasteiger partial charge >= 0.3 is 54.6 Å². The van der Waals surface area contributed by atoms with Gasteiger partial charge < -0.3 is 0 Å². The Morgan fingerprint density at radius 2 is 1.57 bits per heavy atom. The zero-order valence-electron chi connectivity index (χ0n) is 3.42. The summed E-state index contributed by atoms with van der Waals surface area (Å²) in [4.78, 5) is 4.06. The molecule has 0 aliphatic rings. The summed E-state index contributed by atoms with van der Waals surface area (Å²) < 4.78 is 0.840. The zero-order valence-corrected chi connectivity index (χ0v) is 6.84. The van der Waals surface area contributed by atoms with Crippen molar-refractivity contribution in [2.75, 3.05) is 0 Å². The van der Waals surface area contributed by atoms with Gasteiger partial charge in [-0.15, -0.1) is 0 Å². The summed E-state index contributed by atoms with van der Waals surface area (Å²) in [5.74, 6) is 0. The molecular formula is C3H2N2Se2. The van der Waals surface area contributed by atoms with E-state index in [9.17, 15) is 0 Å². The van der Waals surface area contributed by atoms with Crippen molar-refractivity contribution < 1.29 is 0 Å². The molecule has 7 heavy (non-hydrogen) atoms. The Morgan fingerprint density at radius 1 is 1.14 bits per heavy atom. The molecule has 0 aliphatic heterocycles. The van der Waals surface area contributed by atoms with Crippen LogP contribution in [0.25, 0.3) is 0 Å². The summed E-state index contributed by atoms with van der Waals surface area (Å²) in [7, 11) is 0. The quantitative estimate of drug-likeness (QED) is 0.478. The van der Waals surface area contributed by atoms with Crippen molar-refractivity contribution in [3.63, 3.8) is 0 Å². The van der Waals surface area contributed by atoms with Gasteiger partial charge in [-0.25, -0.2) is 0 Å². The Morgan fingerprint density at radius 3 is 1.86 bits per heavy atom. The van der Waals surface area contributed by atoms with E-state index < -0.39 is 0 Å². The Bertz CT molecular complexity index is 95.1. The third-order valence-electron chi connectivity index (χ3n) is 0.247. The fourth-order valence-corrected chi connectivity index (χ4v) is 2.22. The minimum absolute atomic E-state index is 0.0791. The molecule has 36 valence electrons. The summed E-state index contributed by atoms with van der Waals surface area (Å²) in [5.41, 5.74) is 0. The summed E-state index contributed by atoms with van der Waals surface area (Å²) in [6.45, 7) is 0. The van der Waals surface area contributed by atoms with E-state index in [4.69, 9.17) is 10.5 Å². The van der Waals surface area contributed by atoms with E-state index in [0.717, 1.165) is 4.22 Å². The molecule has 0 aromatic carbocycles. The zero-order chi connectivity index (χ0) is 5.54. The Kier molecular flexibility index (Phi) is 6.04. The molecule has 0 saturated heterocycles. The van der Waals surface area contributed by atoms with Crippen LogP contribution >= 0.6 is 0 Å². The van der Waals surface area contributed by atoms with Crippen molar-refractivity contribution in [3.05, 3.63) is 0 Å². The average molecular weight is 224 g/mol. The van der Waals surface area contributed by atoms with E-state index in [2.05, 4.69) is 0 Å². The van der Waals surface area contributed by atoms with Gasteiger partial charge in [-0.05, 0) is 0 Å². The first kappa shape index (κ1) is 7.02. The van der Waals surface area contributed by atoms with Gasteiger partial charge in [0.05, 0.1) is 0 Å². The van der Waals surface area contributed by atoms with Crippen LogP contribution < -0.4 is 0 Å². The molecule has 0 amide bonds. The van der Waals surface area contributed by atoms with E-state index in [1.807, 2.05) is 9.94 Å². The Balaban J connectivity index is 2.77. The normalized spacial score (nSPS) is 6.57. The van der Waals surface area contributed by atoms with Crippen molar-refractivity contribution in [1.82, 2.24) is 0 Å². The van der Waals surface area contributed by atoms with E-state index >= 15 is 0 Å². The first-order valence-electron chi connectivity index (χ1n) is 1.43. The molecule has 2 nitrogen and oxygen atoms in total. The van der Waals surface area contributed by atoms with Crippen LogP contribution in [0.3, 0.4) is 0 Å². The van der Waals surface area contributed by atoms with Gasteiger partial charge in [0, 0.05) is 0 Å². The van der Waals surface area contributed by atoms with Crippen molar-refractivity contribution in [2.24, 2.45) is 0 Å². The van der Waals surface area contributed by atoms with Gasteiger partial charge in [0.25, 0.3) is 0 Å². The number of hydrogen-bond acceptors (Lipinski definition) is 2. The topological polar surface area (TPSA) is 47.6 Å². The second-order valence-electron chi connectivity index (χ2n) is 0.589. The number of nitrogens with zero attached hydrogens (tertiary/aromatic N) is 2. The summed E-state index contributed by atoms with van der Waals surface area (Å²) in [5, 5.41) is 15.9. The van der Waals surface area contributed by atoms with E-state index in [1.165, 1.54) is 0 Å². The van der Waals surface area contributed by atoms with Crippen LogP contribution in [0.2, 0.25) is 4.22 Å². The number of hydrogen-bond donors (Lipinski definition) is 0. The molecular weight excluding hydrogens is 222 g/mol. The third kappa shape index (κ3) is 6.02. The number of rotatable bonds is 2. The van der Waals surface area contributed by atoms with Crippen LogP contribution in [0.4, 0.5) is 0 Å². The van der Waals surface area contributed by atoms with Gasteiger partial charge in [-0.2, -0.15) is 0 Å². The molecule has 0 spiro atoms. The van der Waals surface area contributed by atoms with Crippen LogP contribution in [-0.2, 0) is 0 Å². The van der Waals surface area contributed by atoms with Gasteiger partial charge in [0.2, 0.25) is 0 Å². The minimum atomic E-state index is 0.0791. The van der Waals surface area contributed by atoms with Gasteiger partial charge in [-0.1, -0.05) is 0 Å². The molecule has 0 unspecified atom stereocenters. The second kappa shape index (κ2) is 6.02. The molecule has 0 aromatic heterocycles. The molecule has 4 heteroatoms. The van der Waals surface area contributed by atoms with Gasteiger partial charge in [0.1, 0.15) is 0 Å². The molecule has 0 radical (unpaired) electrons. The maximum absolute atomic E-state index is 7.97. The average Bonchev–Trinajstić information content (AvgIpc) is 1.69. The Labute approximate surface area is 54.8 Å². The van der Waals surface area contributed by atoms with Gasteiger partial charge in [-0.3, -0.25) is 0 Å². The van der Waals surface area contributed by atoms with E-state index in [-0.39, 0.29) is 29.9 Å². The molecule has 0 aromatic rings. The fraction of sp³-hybridized carbons (Fsp3) is 0.333. The molecule has 0 saturated carbocycles. The maximum atomic E-state index is 7.97. The Hall–Kier alpha value is 0.0190. The first-order chi connectivity index (χ1) is 3.41. The monoisotopic (exact) mass is 226 g/mol. The second-order valence-corrected chi connectivity index (χ2v) is 5.63. The van der Waals surface area contributed by atoms with Crippen LogP contribution in [0.1, 0.15) is 0 Å². The standard InChI is InChI=1S/C3H2N2Se2/c4-1-6-3-7-2-5/h3H2. The molecule has 0 fully saturated rings. The molecule has 0 heterocycles. The molecule has 0 aliphatic carbocycles. The molecule has 0 rings (SSSR count). The van der Waals surface area contributed by atoms with Crippen molar-refractivity contribution in [3.8, 4) is 9.94 Å². The van der Waals surface area contributed by atoms with E-state index in [0.29, 0.717) is 0 Å². The van der Waals surface area contributed by atoms with Crippen LogP contribution in [0, 0.1) is 20.5 Å². The SMILES string of the molecule is N#C[Se]C[Se]C#N. The predicted molar refractivity (Wildman–Crippen MR) is 27.5 cm³/mol. The molecule has 0 atom stereocenters. The van der Waals surface area contributed by atoms with Crippen molar-refractivity contribution in [1.29, 1.82) is 10.5 Å². The van der Waals surface area contributed by atoms with E-state index in [1.54, 1.807) is 0 Å². The third-order valence-corrected chi connectivity index (χ3v) is 3.85. The molecule has 0 N–H and O–H groups in total. The van der Waals surface area contributed by atoms with Gasteiger partial charge in [0.15, 0.2) is 0 Å². The van der Waals surface area contributed by atoms with Crippen LogP contribution in [-0.4, -0.2) is 29.9 Å². The van der Waals surface area contributed by atoms with Crippen LogP contribution in [0.5, 0.6) is 0 Å². The number of nitriles is 2. The van der Waals surface area contributed by atoms with Crippen LogP contribution in [0.15, 0.2) is 0 Å². The van der Waals surface area contributed by atoms with Crippen molar-refractivity contribution in [2.45, 2.75) is 4.22 Å². The predicted octanol–water partition coefficient (Wildman–Crippen LogP) is -0.267. The molecule has 0 bridgehead atoms. The summed E-state index contributed by atoms with van der Waals surface area (Å²) in [6, 6.07) is 0. The fourth-order valence-electron chi connectivity index (χ4n) is 0.0822. The summed E-state index contributed by atoms with van der Waals surface area (Å²) in [6.07, 6.45) is 0.